The van der Waals surface area contributed by atoms with Crippen LogP contribution in [0.4, 0.5) is 0 Å². The Balaban J connectivity index is 1.61. The fourth-order valence-corrected chi connectivity index (χ4v) is 4.39. The Morgan fingerprint density at radius 2 is 1.96 bits per heavy atom. The van der Waals surface area contributed by atoms with Crippen molar-refractivity contribution in [2.75, 3.05) is 11.5 Å². The summed E-state index contributed by atoms with van der Waals surface area (Å²) in [6.07, 6.45) is 1.60. The number of para-hydroxylation sites is 1. The zero-order valence-corrected chi connectivity index (χ0v) is 15.4. The molecule has 0 spiro atoms. The van der Waals surface area contributed by atoms with Crippen molar-refractivity contribution in [2.45, 2.75) is 12.1 Å². The third-order valence-corrected chi connectivity index (χ3v) is 5.90. The maximum atomic E-state index is 12.0. The second-order valence-electron chi connectivity index (χ2n) is 5.26. The Hall–Kier alpha value is -2.26. The van der Waals surface area contributed by atoms with Gasteiger partial charge >= 0.3 is 10.1 Å². The van der Waals surface area contributed by atoms with Gasteiger partial charge in [-0.25, -0.2) is 0 Å². The van der Waals surface area contributed by atoms with Crippen LogP contribution in [0.5, 0.6) is 5.75 Å². The minimum atomic E-state index is -3.65. The summed E-state index contributed by atoms with van der Waals surface area (Å²) >= 11 is 1.31. The predicted molar refractivity (Wildman–Crippen MR) is 95.0 cm³/mol. The van der Waals surface area contributed by atoms with Crippen molar-refractivity contribution < 1.29 is 17.0 Å². The highest BCUT2D eigenvalue weighted by Crippen LogP contribution is 2.26. The Morgan fingerprint density at radius 1 is 1.20 bits per heavy atom. The van der Waals surface area contributed by atoms with E-state index in [1.807, 2.05) is 24.6 Å². The molecule has 0 bridgehead atoms. The second kappa shape index (κ2) is 7.32. The maximum absolute atomic E-state index is 12.0. The molecule has 0 unspecified atom stereocenters. The zero-order chi connectivity index (χ0) is 17.9. The summed E-state index contributed by atoms with van der Waals surface area (Å²) in [6.45, 7) is 1.85. The lowest BCUT2D eigenvalue weighted by atomic mass is 10.2. The molecule has 0 aliphatic carbocycles. The summed E-state index contributed by atoms with van der Waals surface area (Å²) in [5, 5.41) is 8.90. The van der Waals surface area contributed by atoms with Gasteiger partial charge in [0.05, 0.1) is 17.6 Å². The number of benzene rings is 1. The summed E-state index contributed by atoms with van der Waals surface area (Å²) in [5.74, 6) is 1.93. The molecule has 7 nitrogen and oxygen atoms in total. The van der Waals surface area contributed by atoms with Crippen LogP contribution in [0.25, 0.3) is 11.4 Å². The van der Waals surface area contributed by atoms with Crippen molar-refractivity contribution in [3.8, 4) is 17.1 Å². The fourth-order valence-electron chi connectivity index (χ4n) is 2.19. The smallest absolute Gasteiger partial charge is 0.310 e. The van der Waals surface area contributed by atoms with Crippen molar-refractivity contribution in [1.82, 2.24) is 14.8 Å². The molecule has 132 valence electrons. The summed E-state index contributed by atoms with van der Waals surface area (Å²) in [5.41, 5.74) is 0.863. The van der Waals surface area contributed by atoms with E-state index in [2.05, 4.69) is 10.2 Å². The van der Waals surface area contributed by atoms with Gasteiger partial charge in [0.25, 0.3) is 0 Å². The van der Waals surface area contributed by atoms with Crippen molar-refractivity contribution in [2.24, 2.45) is 7.05 Å². The fraction of sp³-hybridized carbons (Fsp3) is 0.250. The van der Waals surface area contributed by atoms with Crippen LogP contribution in [0.2, 0.25) is 0 Å². The number of thioether (sulfide) groups is 1. The highest BCUT2D eigenvalue weighted by atomic mass is 32.2. The molecule has 9 heteroatoms. The molecule has 3 aromatic rings. The lowest BCUT2D eigenvalue weighted by molar-refractivity contribution is 0.488. The molecule has 0 radical (unpaired) electrons. The summed E-state index contributed by atoms with van der Waals surface area (Å²) in [7, 11) is -1.82. The Morgan fingerprint density at radius 3 is 2.64 bits per heavy atom. The molecule has 0 fully saturated rings. The number of aryl methyl sites for hydroxylation is 1. The number of aromatic nitrogens is 3. The van der Waals surface area contributed by atoms with Crippen LogP contribution in [-0.2, 0) is 17.2 Å². The van der Waals surface area contributed by atoms with E-state index in [0.29, 0.717) is 22.5 Å². The number of hydrogen-bond donors (Lipinski definition) is 0. The second-order valence-corrected chi connectivity index (χ2v) is 8.01. The number of nitrogens with zero attached hydrogens (tertiary/aromatic N) is 3. The average Bonchev–Trinajstić information content (AvgIpc) is 3.14. The molecule has 0 N–H and O–H groups in total. The molecule has 0 aliphatic heterocycles. The summed E-state index contributed by atoms with van der Waals surface area (Å²) < 4.78 is 36.2. The van der Waals surface area contributed by atoms with Gasteiger partial charge in [0.15, 0.2) is 11.0 Å². The van der Waals surface area contributed by atoms with Gasteiger partial charge in [-0.3, -0.25) is 0 Å². The molecule has 0 saturated carbocycles. The topological polar surface area (TPSA) is 87.2 Å². The Labute approximate surface area is 150 Å². The molecule has 1 aromatic carbocycles. The standard InChI is InChI=1S/C16H17N3O4S2/c1-12-14(8-9-22-12)15-17-18-16(19(15)2)24-10-11-25(20,21)23-13-6-4-3-5-7-13/h3-9H,10-11H2,1-2H3. The Kier molecular flexibility index (Phi) is 5.14. The molecule has 0 atom stereocenters. The quantitative estimate of drug-likeness (QED) is 0.461. The third-order valence-electron chi connectivity index (χ3n) is 3.47. The van der Waals surface area contributed by atoms with Gasteiger partial charge in [-0.1, -0.05) is 30.0 Å². The summed E-state index contributed by atoms with van der Waals surface area (Å²) in [4.78, 5) is 0. The van der Waals surface area contributed by atoms with E-state index < -0.39 is 10.1 Å². The molecule has 2 aromatic heterocycles. The van der Waals surface area contributed by atoms with Crippen molar-refractivity contribution in [3.05, 3.63) is 48.4 Å². The molecular weight excluding hydrogens is 362 g/mol. The first-order chi connectivity index (χ1) is 12.0. The van der Waals surface area contributed by atoms with Crippen LogP contribution in [0.15, 0.2) is 52.2 Å². The van der Waals surface area contributed by atoms with E-state index in [0.717, 1.165) is 11.3 Å². The summed E-state index contributed by atoms with van der Waals surface area (Å²) in [6, 6.07) is 10.3. The number of furan rings is 1. The first-order valence-electron chi connectivity index (χ1n) is 7.50. The van der Waals surface area contributed by atoms with Crippen LogP contribution in [-0.4, -0.2) is 34.7 Å². The van der Waals surface area contributed by atoms with Gasteiger partial charge in [0.1, 0.15) is 11.5 Å². The normalized spacial score (nSPS) is 11.6. The molecule has 0 amide bonds. The van der Waals surface area contributed by atoms with Gasteiger partial charge in [-0.2, -0.15) is 8.42 Å². The lowest BCUT2D eigenvalue weighted by Gasteiger charge is -2.06. The van der Waals surface area contributed by atoms with Gasteiger partial charge < -0.3 is 13.2 Å². The average molecular weight is 379 g/mol. The Bertz CT molecular complexity index is 949. The number of hydrogen-bond acceptors (Lipinski definition) is 7. The van der Waals surface area contributed by atoms with E-state index in [-0.39, 0.29) is 5.75 Å². The van der Waals surface area contributed by atoms with Gasteiger partial charge in [0.2, 0.25) is 0 Å². The third kappa shape index (κ3) is 4.23. The molecule has 2 heterocycles. The van der Waals surface area contributed by atoms with Crippen LogP contribution in [0, 0.1) is 6.92 Å². The molecule has 0 saturated heterocycles. The molecule has 25 heavy (non-hydrogen) atoms. The predicted octanol–water partition coefficient (Wildman–Crippen LogP) is 2.88. The monoisotopic (exact) mass is 379 g/mol. The van der Waals surface area contributed by atoms with E-state index >= 15 is 0 Å². The van der Waals surface area contributed by atoms with E-state index in [9.17, 15) is 8.42 Å². The van der Waals surface area contributed by atoms with Gasteiger partial charge in [-0.15, -0.1) is 10.2 Å². The minimum Gasteiger partial charge on any atom is -0.469 e. The van der Waals surface area contributed by atoms with Crippen LogP contribution in [0.3, 0.4) is 0 Å². The highest BCUT2D eigenvalue weighted by Gasteiger charge is 2.17. The molecular formula is C16H17N3O4S2. The van der Waals surface area contributed by atoms with Crippen LogP contribution in [0.1, 0.15) is 5.76 Å². The van der Waals surface area contributed by atoms with E-state index in [4.69, 9.17) is 8.60 Å². The van der Waals surface area contributed by atoms with Crippen LogP contribution < -0.4 is 4.18 Å². The first-order valence-corrected chi connectivity index (χ1v) is 10.1. The first kappa shape index (κ1) is 17.6. The number of rotatable bonds is 7. The van der Waals surface area contributed by atoms with Crippen LogP contribution >= 0.6 is 11.8 Å². The van der Waals surface area contributed by atoms with Crippen molar-refractivity contribution in [1.29, 1.82) is 0 Å². The highest BCUT2D eigenvalue weighted by molar-refractivity contribution is 8.00. The zero-order valence-electron chi connectivity index (χ0n) is 13.7. The van der Waals surface area contributed by atoms with Gasteiger partial charge in [-0.05, 0) is 25.1 Å². The molecule has 0 aliphatic rings. The van der Waals surface area contributed by atoms with Crippen molar-refractivity contribution in [3.63, 3.8) is 0 Å². The van der Waals surface area contributed by atoms with E-state index in [1.54, 1.807) is 36.6 Å². The van der Waals surface area contributed by atoms with Gasteiger partial charge in [0, 0.05) is 12.8 Å². The van der Waals surface area contributed by atoms with Crippen molar-refractivity contribution >= 4 is 21.9 Å². The SMILES string of the molecule is Cc1occc1-c1nnc(SCCS(=O)(=O)Oc2ccccc2)n1C. The minimum absolute atomic E-state index is 0.126. The maximum Gasteiger partial charge on any atom is 0.310 e. The largest absolute Gasteiger partial charge is 0.469 e. The lowest BCUT2D eigenvalue weighted by Crippen LogP contribution is -2.15. The van der Waals surface area contributed by atoms with E-state index in [1.165, 1.54) is 11.8 Å². The molecule has 3 rings (SSSR count).